The molecule has 0 radical (unpaired) electrons. The van der Waals surface area contributed by atoms with E-state index in [9.17, 15) is 10.1 Å². The van der Waals surface area contributed by atoms with E-state index >= 15 is 0 Å². The maximum Gasteiger partial charge on any atom is 0.270 e. The highest BCUT2D eigenvalue weighted by molar-refractivity contribution is 14.1. The van der Waals surface area contributed by atoms with Crippen LogP contribution in [0.1, 0.15) is 19.8 Å². The van der Waals surface area contributed by atoms with Crippen LogP contribution >= 0.6 is 22.6 Å². The fourth-order valence-electron chi connectivity index (χ4n) is 2.40. The zero-order chi connectivity index (χ0) is 14.8. The van der Waals surface area contributed by atoms with Crippen LogP contribution in [0.5, 0.6) is 0 Å². The zero-order valence-corrected chi connectivity index (χ0v) is 14.0. The van der Waals surface area contributed by atoms with Gasteiger partial charge in [-0.05, 0) is 67.1 Å². The molecule has 1 heterocycles. The van der Waals surface area contributed by atoms with E-state index in [0.717, 1.165) is 28.9 Å². The first kappa shape index (κ1) is 15.5. The number of nitro groups is 1. The Morgan fingerprint density at radius 1 is 1.45 bits per heavy atom. The molecule has 0 amide bonds. The van der Waals surface area contributed by atoms with E-state index in [1.54, 1.807) is 18.2 Å². The van der Waals surface area contributed by atoms with Crippen molar-refractivity contribution in [2.75, 3.05) is 32.0 Å². The zero-order valence-electron chi connectivity index (χ0n) is 11.9. The van der Waals surface area contributed by atoms with Gasteiger partial charge in [0.1, 0.15) is 0 Å². The molecular formula is C14H20IN3O2. The fraction of sp³-hybridized carbons (Fsp3) is 0.571. The summed E-state index contributed by atoms with van der Waals surface area (Å²) in [6, 6.07) is 4.97. The van der Waals surface area contributed by atoms with Gasteiger partial charge in [-0.25, -0.2) is 0 Å². The van der Waals surface area contributed by atoms with Crippen LogP contribution in [-0.2, 0) is 0 Å². The number of halogens is 1. The van der Waals surface area contributed by atoms with E-state index in [1.165, 1.54) is 12.8 Å². The van der Waals surface area contributed by atoms with Crippen molar-refractivity contribution in [1.82, 2.24) is 4.90 Å². The highest BCUT2D eigenvalue weighted by atomic mass is 127. The molecule has 20 heavy (non-hydrogen) atoms. The van der Waals surface area contributed by atoms with Gasteiger partial charge in [0.05, 0.1) is 4.92 Å². The molecule has 1 N–H and O–H groups in total. The molecular weight excluding hydrogens is 369 g/mol. The van der Waals surface area contributed by atoms with E-state index in [2.05, 4.69) is 46.8 Å². The summed E-state index contributed by atoms with van der Waals surface area (Å²) >= 11 is 2.15. The van der Waals surface area contributed by atoms with Crippen LogP contribution in [0.2, 0.25) is 0 Å². The van der Waals surface area contributed by atoms with Crippen molar-refractivity contribution < 1.29 is 4.92 Å². The molecule has 0 aliphatic carbocycles. The third-order valence-electron chi connectivity index (χ3n) is 4.06. The molecule has 0 bridgehead atoms. The molecule has 1 aliphatic heterocycles. The molecule has 1 fully saturated rings. The fourth-order valence-corrected chi connectivity index (χ4v) is 3.09. The predicted molar refractivity (Wildman–Crippen MR) is 89.1 cm³/mol. The van der Waals surface area contributed by atoms with Crippen LogP contribution in [0.4, 0.5) is 11.4 Å². The van der Waals surface area contributed by atoms with Crippen molar-refractivity contribution in [2.24, 2.45) is 5.41 Å². The number of anilines is 1. The Morgan fingerprint density at radius 3 is 2.65 bits per heavy atom. The minimum absolute atomic E-state index is 0.144. The molecule has 0 saturated carbocycles. The van der Waals surface area contributed by atoms with E-state index in [0.29, 0.717) is 5.41 Å². The number of non-ortho nitro benzene ring substituents is 1. The van der Waals surface area contributed by atoms with Gasteiger partial charge in [0.15, 0.2) is 0 Å². The van der Waals surface area contributed by atoms with Crippen LogP contribution in [0.25, 0.3) is 0 Å². The lowest BCUT2D eigenvalue weighted by Gasteiger charge is -2.38. The molecule has 1 saturated heterocycles. The predicted octanol–water partition coefficient (Wildman–Crippen LogP) is 3.34. The summed E-state index contributed by atoms with van der Waals surface area (Å²) in [6.07, 6.45) is 2.36. The molecule has 110 valence electrons. The average Bonchev–Trinajstić information content (AvgIpc) is 2.41. The summed E-state index contributed by atoms with van der Waals surface area (Å²) in [4.78, 5) is 12.7. The standard InChI is InChI=1S/C14H20IN3O2/c1-14(5-7-17(2)8-6-14)10-16-13-4-3-11(18(19)20)9-12(13)15/h3-4,9,16H,5-8,10H2,1-2H3. The number of nitro benzene ring substituents is 1. The second kappa shape index (κ2) is 6.26. The monoisotopic (exact) mass is 389 g/mol. The van der Waals surface area contributed by atoms with Crippen LogP contribution in [0.3, 0.4) is 0 Å². The van der Waals surface area contributed by atoms with Gasteiger partial charge in [0.2, 0.25) is 0 Å². The van der Waals surface area contributed by atoms with Crippen LogP contribution in [0, 0.1) is 19.1 Å². The van der Waals surface area contributed by atoms with Crippen molar-refractivity contribution in [2.45, 2.75) is 19.8 Å². The first-order valence-corrected chi connectivity index (χ1v) is 7.84. The minimum atomic E-state index is -0.357. The van der Waals surface area contributed by atoms with Crippen molar-refractivity contribution >= 4 is 34.0 Å². The molecule has 1 aliphatic rings. The van der Waals surface area contributed by atoms with E-state index in [4.69, 9.17) is 0 Å². The Balaban J connectivity index is 1.99. The van der Waals surface area contributed by atoms with Crippen LogP contribution in [0.15, 0.2) is 18.2 Å². The number of piperidine rings is 1. The molecule has 5 nitrogen and oxygen atoms in total. The summed E-state index contributed by atoms with van der Waals surface area (Å²) in [6.45, 7) is 5.49. The lowest BCUT2D eigenvalue weighted by atomic mass is 9.80. The third-order valence-corrected chi connectivity index (χ3v) is 4.96. The molecule has 1 aromatic rings. The van der Waals surface area contributed by atoms with Crippen LogP contribution < -0.4 is 5.32 Å². The molecule has 0 spiro atoms. The lowest BCUT2D eigenvalue weighted by Crippen LogP contribution is -2.40. The number of rotatable bonds is 4. The summed E-state index contributed by atoms with van der Waals surface area (Å²) in [7, 11) is 2.16. The Labute approximate surface area is 133 Å². The Bertz CT molecular complexity index is 499. The second-order valence-electron chi connectivity index (χ2n) is 5.89. The van der Waals surface area contributed by atoms with Gasteiger partial charge >= 0.3 is 0 Å². The Morgan fingerprint density at radius 2 is 2.10 bits per heavy atom. The van der Waals surface area contributed by atoms with Gasteiger partial charge in [-0.2, -0.15) is 0 Å². The minimum Gasteiger partial charge on any atom is -0.384 e. The summed E-state index contributed by atoms with van der Waals surface area (Å²) in [5.74, 6) is 0. The van der Waals surface area contributed by atoms with Crippen molar-refractivity contribution in [3.63, 3.8) is 0 Å². The van der Waals surface area contributed by atoms with Gasteiger partial charge < -0.3 is 10.2 Å². The Kier molecular flexibility index (Phi) is 4.85. The normalized spacial score (nSPS) is 18.8. The van der Waals surface area contributed by atoms with E-state index in [-0.39, 0.29) is 10.6 Å². The summed E-state index contributed by atoms with van der Waals surface area (Å²) < 4.78 is 0.897. The van der Waals surface area contributed by atoms with E-state index < -0.39 is 0 Å². The van der Waals surface area contributed by atoms with Crippen LogP contribution in [-0.4, -0.2) is 36.5 Å². The molecule has 0 aromatic heterocycles. The molecule has 0 atom stereocenters. The number of nitrogens with one attached hydrogen (secondary N) is 1. The first-order chi connectivity index (χ1) is 9.39. The lowest BCUT2D eigenvalue weighted by molar-refractivity contribution is -0.384. The molecule has 0 unspecified atom stereocenters. The quantitative estimate of drug-likeness (QED) is 0.488. The third kappa shape index (κ3) is 3.82. The maximum atomic E-state index is 10.7. The highest BCUT2D eigenvalue weighted by Crippen LogP contribution is 2.32. The number of benzene rings is 1. The highest BCUT2D eigenvalue weighted by Gasteiger charge is 2.28. The second-order valence-corrected chi connectivity index (χ2v) is 7.05. The summed E-state index contributed by atoms with van der Waals surface area (Å²) in [5, 5.41) is 14.2. The largest absolute Gasteiger partial charge is 0.384 e. The van der Waals surface area contributed by atoms with Crippen molar-refractivity contribution in [1.29, 1.82) is 0 Å². The average molecular weight is 389 g/mol. The van der Waals surface area contributed by atoms with Gasteiger partial charge in [-0.15, -0.1) is 0 Å². The van der Waals surface area contributed by atoms with E-state index in [1.807, 2.05) is 0 Å². The Hall–Kier alpha value is -0.890. The summed E-state index contributed by atoms with van der Waals surface area (Å²) in [5.41, 5.74) is 1.43. The van der Waals surface area contributed by atoms with Gasteiger partial charge in [0, 0.05) is 27.9 Å². The SMILES string of the molecule is CN1CCC(C)(CNc2ccc([N+](=O)[O-])cc2I)CC1. The molecule has 6 heteroatoms. The van der Waals surface area contributed by atoms with Gasteiger partial charge in [-0.1, -0.05) is 6.92 Å². The maximum absolute atomic E-state index is 10.7. The topological polar surface area (TPSA) is 58.4 Å². The number of hydrogen-bond donors (Lipinski definition) is 1. The first-order valence-electron chi connectivity index (χ1n) is 6.76. The van der Waals surface area contributed by atoms with Gasteiger partial charge in [0.25, 0.3) is 5.69 Å². The number of nitrogens with zero attached hydrogens (tertiary/aromatic N) is 2. The number of likely N-dealkylation sites (tertiary alicyclic amines) is 1. The smallest absolute Gasteiger partial charge is 0.270 e. The van der Waals surface area contributed by atoms with Crippen molar-refractivity contribution in [3.8, 4) is 0 Å². The van der Waals surface area contributed by atoms with Crippen molar-refractivity contribution in [3.05, 3.63) is 31.9 Å². The van der Waals surface area contributed by atoms with Gasteiger partial charge in [-0.3, -0.25) is 10.1 Å². The number of hydrogen-bond acceptors (Lipinski definition) is 4. The molecule has 1 aromatic carbocycles. The molecule has 2 rings (SSSR count).